The van der Waals surface area contributed by atoms with Crippen LogP contribution in [0.2, 0.25) is 5.02 Å². The molecule has 58 heavy (non-hydrogen) atoms. The van der Waals surface area contributed by atoms with Crippen molar-refractivity contribution in [3.8, 4) is 22.9 Å². The fraction of sp³-hybridized carbons (Fsp3) is 0.634. The number of hydrogen-bond donors (Lipinski definition) is 5. The van der Waals surface area contributed by atoms with Gasteiger partial charge in [0.05, 0.1) is 42.6 Å². The Kier molecular flexibility index (Phi) is 12.1. The van der Waals surface area contributed by atoms with Crippen LogP contribution in [0.4, 0.5) is 9.93 Å². The van der Waals surface area contributed by atoms with E-state index in [1.165, 1.54) is 18.4 Å². The standard InChI is InChI=1S/C41H55ClN6O9S/c1-8-21-17-41(21,37(51)52)47-35(49)29-15-25(18-48(29)36(50)34(40(4,5)6)46-39(53)57-24-13-22-9-10-23(14-24)55-22)56-31-16-27(28-19-58-38(45-28)43-20(2)3)44-33-26(31)11-12-30(54-7)32(33)42/h11-12,16,19-25,29,34,36,50H,8-10,13-15,17-18H2,1-7H3,(H,43,45)(H,46,53)(H,47,49)(H,51,52)/t21?,22-,23+,24?,25-,29?,34?,36?,41-/m1/s1. The Balaban J connectivity index is 1.19. The van der Waals surface area contributed by atoms with Crippen LogP contribution in [0.25, 0.3) is 22.3 Å². The van der Waals surface area contributed by atoms with Crippen LogP contribution in [0, 0.1) is 11.3 Å². The van der Waals surface area contributed by atoms with E-state index in [2.05, 4.69) is 16.0 Å². The third-order valence-corrected chi connectivity index (χ3v) is 13.0. The van der Waals surface area contributed by atoms with Crippen molar-refractivity contribution in [1.29, 1.82) is 0 Å². The van der Waals surface area contributed by atoms with Crippen molar-refractivity contribution < 1.29 is 43.5 Å². The average molecular weight is 843 g/mol. The Bertz CT molecular complexity index is 2010. The predicted molar refractivity (Wildman–Crippen MR) is 219 cm³/mol. The highest BCUT2D eigenvalue weighted by Gasteiger charge is 2.61. The van der Waals surface area contributed by atoms with E-state index >= 15 is 0 Å². The van der Waals surface area contributed by atoms with Gasteiger partial charge in [-0.15, -0.1) is 11.3 Å². The quantitative estimate of drug-likeness (QED) is 0.123. The second-order valence-corrected chi connectivity index (χ2v) is 18.7. The van der Waals surface area contributed by atoms with E-state index in [0.29, 0.717) is 59.5 Å². The number of aromatic nitrogens is 2. The lowest BCUT2D eigenvalue weighted by atomic mass is 9.85. The summed E-state index contributed by atoms with van der Waals surface area (Å²) in [6.07, 6.45) is 1.22. The molecule has 5 unspecified atom stereocenters. The molecule has 4 fully saturated rings. The van der Waals surface area contributed by atoms with Gasteiger partial charge in [0.1, 0.15) is 46.2 Å². The number of aliphatic hydroxyl groups is 1. The van der Waals surface area contributed by atoms with Crippen LogP contribution in [-0.2, 0) is 19.1 Å². The molecule has 5 N–H and O–H groups in total. The number of nitrogens with one attached hydrogen (secondary N) is 3. The van der Waals surface area contributed by atoms with Crippen LogP contribution < -0.4 is 25.4 Å². The number of ether oxygens (including phenoxy) is 4. The molecule has 5 heterocycles. The van der Waals surface area contributed by atoms with Crippen molar-refractivity contribution in [3.63, 3.8) is 0 Å². The fourth-order valence-electron chi connectivity index (χ4n) is 8.68. The highest BCUT2D eigenvalue weighted by atomic mass is 35.5. The number of halogens is 1. The van der Waals surface area contributed by atoms with Crippen molar-refractivity contribution in [2.75, 3.05) is 19.0 Å². The molecule has 1 aromatic carbocycles. The third-order valence-electron chi connectivity index (χ3n) is 11.8. The van der Waals surface area contributed by atoms with E-state index < -0.39 is 53.3 Å². The molecule has 9 atom stereocenters. The summed E-state index contributed by atoms with van der Waals surface area (Å²) in [7, 11) is 1.52. The first-order valence-electron chi connectivity index (χ1n) is 20.2. The summed E-state index contributed by atoms with van der Waals surface area (Å²) in [6.45, 7) is 11.7. The maximum Gasteiger partial charge on any atom is 0.407 e. The second-order valence-electron chi connectivity index (χ2n) is 17.4. The van der Waals surface area contributed by atoms with Gasteiger partial charge < -0.3 is 45.1 Å². The zero-order chi connectivity index (χ0) is 41.7. The number of thiazole rings is 1. The molecule has 2 amide bonds. The average Bonchev–Trinajstić information content (AvgIpc) is 3.42. The number of nitrogens with zero attached hydrogens (tertiary/aromatic N) is 3. The third kappa shape index (κ3) is 8.67. The number of methoxy groups -OCH3 is 1. The van der Waals surface area contributed by atoms with E-state index in [0.717, 1.165) is 18.0 Å². The number of pyridine rings is 1. The van der Waals surface area contributed by atoms with Crippen LogP contribution in [-0.4, -0.2) is 111 Å². The molecule has 0 radical (unpaired) electrons. The number of carbonyl (C=O) groups excluding carboxylic acids is 2. The predicted octanol–water partition coefficient (Wildman–Crippen LogP) is 6.20. The second kappa shape index (κ2) is 16.6. The van der Waals surface area contributed by atoms with Crippen LogP contribution in [0.1, 0.15) is 86.5 Å². The minimum atomic E-state index is -1.39. The van der Waals surface area contributed by atoms with Gasteiger partial charge in [-0.05, 0) is 56.6 Å². The summed E-state index contributed by atoms with van der Waals surface area (Å²) in [4.78, 5) is 51.5. The zero-order valence-corrected chi connectivity index (χ0v) is 35.6. The zero-order valence-electron chi connectivity index (χ0n) is 34.0. The first kappa shape index (κ1) is 42.2. The molecule has 3 saturated heterocycles. The van der Waals surface area contributed by atoms with Crippen LogP contribution in [0.15, 0.2) is 23.6 Å². The number of anilines is 1. The van der Waals surface area contributed by atoms with Gasteiger partial charge in [0.15, 0.2) is 5.13 Å². The number of rotatable bonds is 14. The minimum Gasteiger partial charge on any atom is -0.495 e. The monoisotopic (exact) mass is 842 g/mol. The van der Waals surface area contributed by atoms with Gasteiger partial charge in [-0.1, -0.05) is 45.7 Å². The van der Waals surface area contributed by atoms with Gasteiger partial charge in [0, 0.05) is 48.7 Å². The molecule has 316 valence electrons. The molecule has 0 spiro atoms. The molecular weight excluding hydrogens is 788 g/mol. The number of carboxylic acid groups (broad SMARTS) is 1. The van der Waals surface area contributed by atoms with Gasteiger partial charge in [-0.25, -0.2) is 19.6 Å². The Morgan fingerprint density at radius 3 is 2.43 bits per heavy atom. The summed E-state index contributed by atoms with van der Waals surface area (Å²) in [6, 6.07) is 3.56. The topological polar surface area (TPSA) is 194 Å². The molecule has 4 aliphatic rings. The Morgan fingerprint density at radius 1 is 1.09 bits per heavy atom. The SMILES string of the molecule is CCC1C[C@]1(NC(=O)C1C[C@@H](Oc2cc(-c3csc(NC(C)C)n3)nc3c(Cl)c(OC)ccc23)CN1C(O)C(NC(=O)OC1C[C@H]2CC[C@@H](C1)O2)C(C)(C)C)C(=O)O. The Hall–Kier alpha value is -3.96. The van der Waals surface area contributed by atoms with E-state index in [1.807, 2.05) is 46.9 Å². The lowest BCUT2D eigenvalue weighted by molar-refractivity contribution is -0.145. The number of aliphatic hydroxyl groups excluding tert-OH is 1. The summed E-state index contributed by atoms with van der Waals surface area (Å²) in [5.74, 6) is -1.01. The number of aliphatic carboxylic acids is 1. The normalized spacial score (nSPS) is 27.9. The highest BCUT2D eigenvalue weighted by Crippen LogP contribution is 2.47. The maximum absolute atomic E-state index is 14.3. The van der Waals surface area contributed by atoms with Crippen molar-refractivity contribution in [2.24, 2.45) is 11.3 Å². The van der Waals surface area contributed by atoms with E-state index in [1.54, 1.807) is 23.1 Å². The molecule has 2 aromatic heterocycles. The lowest BCUT2D eigenvalue weighted by Crippen LogP contribution is -2.61. The van der Waals surface area contributed by atoms with E-state index in [9.17, 15) is 24.6 Å². The van der Waals surface area contributed by atoms with E-state index in [-0.39, 0.29) is 48.3 Å². The molecule has 3 aliphatic heterocycles. The van der Waals surface area contributed by atoms with Crippen molar-refractivity contribution in [1.82, 2.24) is 25.5 Å². The van der Waals surface area contributed by atoms with Gasteiger partial charge in [0.2, 0.25) is 5.91 Å². The van der Waals surface area contributed by atoms with Crippen molar-refractivity contribution in [3.05, 3.63) is 28.6 Å². The lowest BCUT2D eigenvalue weighted by Gasteiger charge is -2.40. The number of amides is 2. The highest BCUT2D eigenvalue weighted by molar-refractivity contribution is 7.14. The fourth-order valence-corrected chi connectivity index (χ4v) is 9.81. The molecule has 1 aliphatic carbocycles. The van der Waals surface area contributed by atoms with Gasteiger partial charge in [0.25, 0.3) is 0 Å². The number of carboxylic acids is 1. The number of carbonyl (C=O) groups is 3. The van der Waals surface area contributed by atoms with Crippen LogP contribution >= 0.6 is 22.9 Å². The molecule has 17 heteroatoms. The van der Waals surface area contributed by atoms with Crippen molar-refractivity contribution >= 4 is 56.9 Å². The minimum absolute atomic E-state index is 0.0609. The number of fused-ring (bicyclic) bond motifs is 3. The number of likely N-dealkylation sites (tertiary alicyclic amines) is 1. The molecular formula is C41H55ClN6O9S. The van der Waals surface area contributed by atoms with E-state index in [4.69, 9.17) is 40.5 Å². The summed E-state index contributed by atoms with van der Waals surface area (Å²) < 4.78 is 24.1. The summed E-state index contributed by atoms with van der Waals surface area (Å²) >= 11 is 8.29. The summed E-state index contributed by atoms with van der Waals surface area (Å²) in [5.41, 5.74) is -0.556. The molecule has 1 saturated carbocycles. The maximum atomic E-state index is 14.3. The smallest absolute Gasteiger partial charge is 0.407 e. The summed E-state index contributed by atoms with van der Waals surface area (Å²) in [5, 5.41) is 35.1. The van der Waals surface area contributed by atoms with Gasteiger partial charge >= 0.3 is 12.1 Å². The largest absolute Gasteiger partial charge is 0.495 e. The van der Waals surface area contributed by atoms with Crippen molar-refractivity contribution in [2.45, 2.75) is 141 Å². The number of alkyl carbamates (subject to hydrolysis) is 1. The Labute approximate surface area is 347 Å². The molecule has 3 aromatic rings. The molecule has 2 bridgehead atoms. The first-order chi connectivity index (χ1) is 27.5. The van der Waals surface area contributed by atoms with Crippen LogP contribution in [0.5, 0.6) is 11.5 Å². The molecule has 15 nitrogen and oxygen atoms in total. The van der Waals surface area contributed by atoms with Gasteiger partial charge in [-0.3, -0.25) is 9.69 Å². The first-order valence-corrected chi connectivity index (χ1v) is 21.4. The van der Waals surface area contributed by atoms with Crippen LogP contribution in [0.3, 0.4) is 0 Å². The molecule has 7 rings (SSSR count). The Morgan fingerprint density at radius 2 is 1.81 bits per heavy atom. The van der Waals surface area contributed by atoms with Gasteiger partial charge in [-0.2, -0.15) is 0 Å². The number of hydrogen-bond acceptors (Lipinski definition) is 13. The number of benzene rings is 1.